The van der Waals surface area contributed by atoms with Gasteiger partial charge in [0.25, 0.3) is 0 Å². The molecule has 1 atom stereocenters. The molecule has 0 aromatic heterocycles. The summed E-state index contributed by atoms with van der Waals surface area (Å²) in [5.41, 5.74) is 0. The van der Waals surface area contributed by atoms with Crippen molar-refractivity contribution in [3.05, 3.63) is 12.2 Å². The van der Waals surface area contributed by atoms with Gasteiger partial charge in [-0.05, 0) is 38.0 Å². The molecule has 0 aliphatic carbocycles. The van der Waals surface area contributed by atoms with E-state index in [4.69, 9.17) is 5.11 Å². The molecule has 112 valence electrons. The average Bonchev–Trinajstić information content (AvgIpc) is 2.39. The van der Waals surface area contributed by atoms with Crippen LogP contribution < -0.4 is 0 Å². The first-order valence-corrected chi connectivity index (χ1v) is 8.03. The van der Waals surface area contributed by atoms with Crippen LogP contribution >= 0.6 is 0 Å². The maximum absolute atomic E-state index is 10.3. The van der Waals surface area contributed by atoms with Gasteiger partial charge in [0.2, 0.25) is 0 Å². The van der Waals surface area contributed by atoms with E-state index < -0.39 is 5.97 Å². The fourth-order valence-electron chi connectivity index (χ4n) is 2.09. The summed E-state index contributed by atoms with van der Waals surface area (Å²) in [6, 6.07) is 0. The third kappa shape index (κ3) is 15.2. The fraction of sp³-hybridized carbons (Fsp3) is 0.824. The lowest BCUT2D eigenvalue weighted by atomic mass is 10.0. The molecule has 2 heteroatoms. The summed E-state index contributed by atoms with van der Waals surface area (Å²) in [4.78, 5) is 10.3. The topological polar surface area (TPSA) is 37.3 Å². The fourth-order valence-corrected chi connectivity index (χ4v) is 2.09. The monoisotopic (exact) mass is 268 g/mol. The zero-order valence-corrected chi connectivity index (χ0v) is 12.9. The van der Waals surface area contributed by atoms with Gasteiger partial charge < -0.3 is 5.11 Å². The molecule has 0 aromatic rings. The third-order valence-electron chi connectivity index (χ3n) is 3.69. The lowest BCUT2D eigenvalue weighted by molar-refractivity contribution is -0.137. The van der Waals surface area contributed by atoms with Gasteiger partial charge in [-0.2, -0.15) is 0 Å². The van der Waals surface area contributed by atoms with Gasteiger partial charge in [0.05, 0.1) is 0 Å². The molecule has 0 fully saturated rings. The van der Waals surface area contributed by atoms with Crippen LogP contribution in [0.2, 0.25) is 0 Å². The molecule has 1 N–H and O–H groups in total. The minimum Gasteiger partial charge on any atom is -0.481 e. The van der Waals surface area contributed by atoms with Crippen LogP contribution in [0.1, 0.15) is 84.5 Å². The highest BCUT2D eigenvalue weighted by Gasteiger charge is 1.97. The molecule has 0 bridgehead atoms. The summed E-state index contributed by atoms with van der Waals surface area (Å²) in [5, 5.41) is 8.50. The minimum atomic E-state index is -0.666. The number of carbonyl (C=O) groups is 1. The number of rotatable bonds is 13. The molecule has 0 heterocycles. The van der Waals surface area contributed by atoms with E-state index in [1.807, 2.05) is 0 Å². The lowest BCUT2D eigenvalue weighted by Crippen LogP contribution is -1.93. The van der Waals surface area contributed by atoms with Crippen LogP contribution in [-0.2, 0) is 4.79 Å². The Morgan fingerprint density at radius 3 is 2.21 bits per heavy atom. The van der Waals surface area contributed by atoms with Crippen molar-refractivity contribution in [2.75, 3.05) is 0 Å². The van der Waals surface area contributed by atoms with Crippen molar-refractivity contribution in [1.29, 1.82) is 0 Å². The van der Waals surface area contributed by atoms with E-state index in [9.17, 15) is 4.79 Å². The smallest absolute Gasteiger partial charge is 0.303 e. The molecule has 19 heavy (non-hydrogen) atoms. The second-order valence-corrected chi connectivity index (χ2v) is 5.62. The summed E-state index contributed by atoms with van der Waals surface area (Å²) in [7, 11) is 0. The van der Waals surface area contributed by atoms with Crippen LogP contribution in [0, 0.1) is 5.92 Å². The molecule has 0 amide bonds. The standard InChI is InChI=1S/C17H32O2/c1-3-16(2)14-12-10-8-6-4-5-7-9-11-13-15-17(18)19/h6,8,16H,3-5,7,9-15H2,1-2H3,(H,18,19)/b8-6-/t16-/m0/s1. The van der Waals surface area contributed by atoms with Crippen molar-refractivity contribution in [2.45, 2.75) is 84.5 Å². The van der Waals surface area contributed by atoms with Gasteiger partial charge in [-0.25, -0.2) is 0 Å². The van der Waals surface area contributed by atoms with E-state index in [1.165, 1.54) is 51.4 Å². The predicted octanol–water partition coefficient (Wildman–Crippen LogP) is 5.57. The summed E-state index contributed by atoms with van der Waals surface area (Å²) in [6.07, 6.45) is 16.9. The summed E-state index contributed by atoms with van der Waals surface area (Å²) >= 11 is 0. The van der Waals surface area contributed by atoms with E-state index in [0.29, 0.717) is 6.42 Å². The number of carboxylic acid groups (broad SMARTS) is 1. The first-order chi connectivity index (χ1) is 9.16. The maximum atomic E-state index is 10.3. The second-order valence-electron chi connectivity index (χ2n) is 5.62. The molecule has 0 aliphatic rings. The molecule has 0 aromatic carbocycles. The molecule has 2 nitrogen and oxygen atoms in total. The van der Waals surface area contributed by atoms with Crippen molar-refractivity contribution >= 4 is 5.97 Å². The Kier molecular flexibility index (Phi) is 13.1. The average molecular weight is 268 g/mol. The van der Waals surface area contributed by atoms with Crippen LogP contribution in [0.5, 0.6) is 0 Å². The zero-order valence-electron chi connectivity index (χ0n) is 12.9. The van der Waals surface area contributed by atoms with Crippen molar-refractivity contribution < 1.29 is 9.90 Å². The highest BCUT2D eigenvalue weighted by atomic mass is 16.4. The second kappa shape index (κ2) is 13.6. The van der Waals surface area contributed by atoms with Crippen LogP contribution in [-0.4, -0.2) is 11.1 Å². The Hall–Kier alpha value is -0.790. The summed E-state index contributed by atoms with van der Waals surface area (Å²) in [5.74, 6) is 0.208. The van der Waals surface area contributed by atoms with Gasteiger partial charge in [-0.3, -0.25) is 4.79 Å². The summed E-state index contributed by atoms with van der Waals surface area (Å²) in [6.45, 7) is 4.59. The number of unbranched alkanes of at least 4 members (excludes halogenated alkanes) is 6. The molecule has 0 spiro atoms. The number of hydrogen-bond acceptors (Lipinski definition) is 1. The van der Waals surface area contributed by atoms with E-state index in [2.05, 4.69) is 26.0 Å². The van der Waals surface area contributed by atoms with Gasteiger partial charge >= 0.3 is 5.97 Å². The molecule has 0 radical (unpaired) electrons. The van der Waals surface area contributed by atoms with Crippen LogP contribution in [0.15, 0.2) is 12.2 Å². The SMILES string of the molecule is CC[C@H](C)CCC/C=C\CCCCCCCC(=O)O. The molecular weight excluding hydrogens is 236 g/mol. The molecule has 0 saturated carbocycles. The maximum Gasteiger partial charge on any atom is 0.303 e. The van der Waals surface area contributed by atoms with Gasteiger partial charge in [0, 0.05) is 6.42 Å². The Morgan fingerprint density at radius 1 is 1.00 bits per heavy atom. The minimum absolute atomic E-state index is 0.329. The lowest BCUT2D eigenvalue weighted by Gasteiger charge is -2.05. The molecule has 0 aliphatic heterocycles. The molecular formula is C17H32O2. The number of carboxylic acids is 1. The molecule has 0 rings (SSSR count). The first kappa shape index (κ1) is 18.2. The zero-order chi connectivity index (χ0) is 14.3. The van der Waals surface area contributed by atoms with Gasteiger partial charge in [0.15, 0.2) is 0 Å². The number of aliphatic carboxylic acids is 1. The number of allylic oxidation sites excluding steroid dienone is 2. The predicted molar refractivity (Wildman–Crippen MR) is 82.4 cm³/mol. The van der Waals surface area contributed by atoms with E-state index in [0.717, 1.165) is 18.8 Å². The Morgan fingerprint density at radius 2 is 1.58 bits per heavy atom. The van der Waals surface area contributed by atoms with Gasteiger partial charge in [-0.1, -0.05) is 58.1 Å². The van der Waals surface area contributed by atoms with Gasteiger partial charge in [-0.15, -0.1) is 0 Å². The largest absolute Gasteiger partial charge is 0.481 e. The first-order valence-electron chi connectivity index (χ1n) is 8.03. The summed E-state index contributed by atoms with van der Waals surface area (Å²) < 4.78 is 0. The van der Waals surface area contributed by atoms with E-state index in [-0.39, 0.29) is 0 Å². The van der Waals surface area contributed by atoms with E-state index in [1.54, 1.807) is 0 Å². The Balaban J connectivity index is 3.15. The quantitative estimate of drug-likeness (QED) is 0.350. The van der Waals surface area contributed by atoms with E-state index >= 15 is 0 Å². The normalized spacial score (nSPS) is 12.9. The van der Waals surface area contributed by atoms with Crippen LogP contribution in [0.25, 0.3) is 0 Å². The van der Waals surface area contributed by atoms with Crippen LogP contribution in [0.3, 0.4) is 0 Å². The van der Waals surface area contributed by atoms with Gasteiger partial charge in [0.1, 0.15) is 0 Å². The Labute approximate surface area is 119 Å². The van der Waals surface area contributed by atoms with Crippen molar-refractivity contribution in [2.24, 2.45) is 5.92 Å². The molecule has 0 unspecified atom stereocenters. The molecule has 0 saturated heterocycles. The van der Waals surface area contributed by atoms with Crippen LogP contribution in [0.4, 0.5) is 0 Å². The number of hydrogen-bond donors (Lipinski definition) is 1. The Bertz CT molecular complexity index is 233. The van der Waals surface area contributed by atoms with Crippen molar-refractivity contribution in [3.63, 3.8) is 0 Å². The highest BCUT2D eigenvalue weighted by molar-refractivity contribution is 5.66. The van der Waals surface area contributed by atoms with Crippen molar-refractivity contribution in [3.8, 4) is 0 Å². The van der Waals surface area contributed by atoms with Crippen molar-refractivity contribution in [1.82, 2.24) is 0 Å². The third-order valence-corrected chi connectivity index (χ3v) is 3.69. The highest BCUT2D eigenvalue weighted by Crippen LogP contribution is 2.12.